The third-order valence-electron chi connectivity index (χ3n) is 5.60. The topological polar surface area (TPSA) is 48.3 Å². The largest absolute Gasteiger partial charge is 0.497 e. The number of thioether (sulfide) groups is 1. The molecule has 1 aliphatic rings. The van der Waals surface area contributed by atoms with E-state index >= 15 is 0 Å². The molecule has 2 unspecified atom stereocenters. The number of allylic oxidation sites excluding steroid dienone is 3. The summed E-state index contributed by atoms with van der Waals surface area (Å²) < 4.78 is 59.7. The summed E-state index contributed by atoms with van der Waals surface area (Å²) in [6.45, 7) is 1.58. The number of fused-ring (bicyclic) bond motifs is 1. The molecule has 162 valence electrons. The molecule has 0 spiro atoms. The van der Waals surface area contributed by atoms with Crippen LogP contribution < -0.4 is 4.74 Å². The minimum atomic E-state index is -4.03. The first kappa shape index (κ1) is 21.6. The number of ether oxygens (including phenoxy) is 1. The number of nitrogens with zero attached hydrogens (tertiary/aromatic N) is 1. The van der Waals surface area contributed by atoms with Gasteiger partial charge in [-0.25, -0.2) is 12.4 Å². The Balaban J connectivity index is 1.90. The Morgan fingerprint density at radius 1 is 1.10 bits per heavy atom. The molecule has 4 rings (SSSR count). The molecular weight excluding hydrogens is 440 g/mol. The van der Waals surface area contributed by atoms with Gasteiger partial charge < -0.3 is 4.74 Å². The molecule has 0 bridgehead atoms. The molecule has 0 aliphatic heterocycles. The second-order valence-corrected chi connectivity index (χ2v) is 10.7. The molecule has 0 radical (unpaired) electrons. The van der Waals surface area contributed by atoms with Gasteiger partial charge in [-0.1, -0.05) is 60.3 Å². The van der Waals surface area contributed by atoms with E-state index in [0.717, 1.165) is 5.39 Å². The molecule has 0 saturated heterocycles. The maximum atomic E-state index is 14.0. The second-order valence-electron chi connectivity index (χ2n) is 7.37. The molecular formula is C23H21F2NO3S2. The van der Waals surface area contributed by atoms with E-state index in [4.69, 9.17) is 4.74 Å². The molecule has 0 N–H and O–H groups in total. The van der Waals surface area contributed by atoms with Gasteiger partial charge in [-0.05, 0) is 41.7 Å². The molecule has 0 fully saturated rings. The molecule has 1 heterocycles. The van der Waals surface area contributed by atoms with E-state index in [1.165, 1.54) is 17.3 Å². The smallest absolute Gasteiger partial charge is 0.288 e. The number of para-hydroxylation sites is 1. The fraction of sp³-hybridized carbons (Fsp3) is 0.217. The molecule has 2 atom stereocenters. The van der Waals surface area contributed by atoms with Gasteiger partial charge in [-0.3, -0.25) is 0 Å². The standard InChI is InChI=1S/C23H21F2NO3S2/c1-23(31(27,28)26-15-13-16-6-3-4-7-19(16)26)14-5-8-20(30-22(24)25)21(23)17-9-11-18(29-2)12-10-17/h3-15,21-22H,1-2H3. The zero-order valence-corrected chi connectivity index (χ0v) is 18.5. The van der Waals surface area contributed by atoms with Crippen molar-refractivity contribution < 1.29 is 21.9 Å². The highest BCUT2D eigenvalue weighted by Gasteiger charge is 2.49. The first-order valence-electron chi connectivity index (χ1n) is 9.57. The van der Waals surface area contributed by atoms with Crippen LogP contribution in [-0.4, -0.2) is 30.0 Å². The van der Waals surface area contributed by atoms with Gasteiger partial charge in [0.2, 0.25) is 10.0 Å². The maximum Gasteiger partial charge on any atom is 0.288 e. The van der Waals surface area contributed by atoms with Crippen molar-refractivity contribution in [1.82, 2.24) is 3.97 Å². The summed E-state index contributed by atoms with van der Waals surface area (Å²) >= 11 is 0.379. The lowest BCUT2D eigenvalue weighted by Gasteiger charge is -2.38. The molecule has 4 nitrogen and oxygen atoms in total. The van der Waals surface area contributed by atoms with Gasteiger partial charge in [0.15, 0.2) is 0 Å². The van der Waals surface area contributed by atoms with Crippen LogP contribution in [0.15, 0.2) is 83.9 Å². The molecule has 2 aromatic carbocycles. The van der Waals surface area contributed by atoms with E-state index in [9.17, 15) is 17.2 Å². The summed E-state index contributed by atoms with van der Waals surface area (Å²) in [6, 6.07) is 15.8. The number of alkyl halides is 2. The van der Waals surface area contributed by atoms with Crippen molar-refractivity contribution in [2.45, 2.75) is 23.3 Å². The van der Waals surface area contributed by atoms with Gasteiger partial charge in [-0.15, -0.1) is 0 Å². The fourth-order valence-corrected chi connectivity index (χ4v) is 6.86. The Morgan fingerprint density at radius 3 is 2.48 bits per heavy atom. The lowest BCUT2D eigenvalue weighted by Crippen LogP contribution is -2.44. The third-order valence-corrected chi connectivity index (χ3v) is 8.74. The van der Waals surface area contributed by atoms with E-state index in [0.29, 0.717) is 33.5 Å². The summed E-state index contributed by atoms with van der Waals surface area (Å²) in [6.07, 6.45) is 6.22. The third kappa shape index (κ3) is 3.68. The van der Waals surface area contributed by atoms with E-state index in [-0.39, 0.29) is 0 Å². The normalized spacial score (nSPS) is 21.5. The number of halogens is 2. The van der Waals surface area contributed by atoms with Gasteiger partial charge in [0, 0.05) is 17.5 Å². The van der Waals surface area contributed by atoms with Crippen molar-refractivity contribution in [3.05, 3.63) is 89.5 Å². The van der Waals surface area contributed by atoms with Crippen molar-refractivity contribution in [1.29, 1.82) is 0 Å². The van der Waals surface area contributed by atoms with Crippen LogP contribution in [0.1, 0.15) is 18.4 Å². The number of aromatic nitrogens is 1. The van der Waals surface area contributed by atoms with Crippen LogP contribution in [-0.2, 0) is 10.0 Å². The number of rotatable bonds is 6. The molecule has 1 aliphatic carbocycles. The Bertz CT molecular complexity index is 1260. The Labute approximate surface area is 184 Å². The predicted molar refractivity (Wildman–Crippen MR) is 121 cm³/mol. The molecule has 0 amide bonds. The van der Waals surface area contributed by atoms with Gasteiger partial charge >= 0.3 is 0 Å². The maximum absolute atomic E-state index is 14.0. The molecule has 1 aromatic heterocycles. The first-order chi connectivity index (χ1) is 14.8. The SMILES string of the molecule is COc1ccc(C2C(SC(F)F)=CC=CC2(C)S(=O)(=O)n2ccc3ccccc32)cc1. The van der Waals surface area contributed by atoms with Crippen LogP contribution in [0.3, 0.4) is 0 Å². The minimum Gasteiger partial charge on any atom is -0.497 e. The van der Waals surface area contributed by atoms with Crippen molar-refractivity contribution in [3.8, 4) is 5.75 Å². The Kier molecular flexibility index (Phi) is 5.70. The minimum absolute atomic E-state index is 0.296. The lowest BCUT2D eigenvalue weighted by atomic mass is 9.83. The number of methoxy groups -OCH3 is 1. The Morgan fingerprint density at radius 2 is 1.81 bits per heavy atom. The van der Waals surface area contributed by atoms with Gasteiger partial charge in [0.1, 0.15) is 10.5 Å². The van der Waals surface area contributed by atoms with Crippen LogP contribution in [0.2, 0.25) is 0 Å². The zero-order chi connectivity index (χ0) is 22.2. The summed E-state index contributed by atoms with van der Waals surface area (Å²) in [5, 5.41) is 0.785. The fourth-order valence-electron chi connectivity index (χ4n) is 4.02. The van der Waals surface area contributed by atoms with Crippen molar-refractivity contribution in [2.75, 3.05) is 7.11 Å². The van der Waals surface area contributed by atoms with E-state index in [1.54, 1.807) is 67.6 Å². The summed E-state index contributed by atoms with van der Waals surface area (Å²) in [7, 11) is -2.50. The first-order valence-corrected chi connectivity index (χ1v) is 11.9. The van der Waals surface area contributed by atoms with Crippen LogP contribution in [0.5, 0.6) is 5.75 Å². The molecule has 3 aromatic rings. The quantitative estimate of drug-likeness (QED) is 0.467. The van der Waals surface area contributed by atoms with Crippen LogP contribution >= 0.6 is 11.8 Å². The molecule has 0 saturated carbocycles. The highest BCUT2D eigenvalue weighted by atomic mass is 32.2. The molecule has 8 heteroatoms. The summed E-state index contributed by atoms with van der Waals surface area (Å²) in [4.78, 5) is 0.296. The zero-order valence-electron chi connectivity index (χ0n) is 16.9. The number of benzene rings is 2. The average Bonchev–Trinajstić information content (AvgIpc) is 3.18. The van der Waals surface area contributed by atoms with E-state index in [1.807, 2.05) is 12.1 Å². The average molecular weight is 462 g/mol. The van der Waals surface area contributed by atoms with E-state index < -0.39 is 26.4 Å². The van der Waals surface area contributed by atoms with Gasteiger partial charge in [0.05, 0.1) is 12.6 Å². The highest BCUT2D eigenvalue weighted by molar-refractivity contribution is 8.03. The van der Waals surface area contributed by atoms with Crippen LogP contribution in [0, 0.1) is 0 Å². The monoisotopic (exact) mass is 461 g/mol. The lowest BCUT2D eigenvalue weighted by molar-refractivity contribution is 0.252. The summed E-state index contributed by atoms with van der Waals surface area (Å²) in [5.41, 5.74) is 1.16. The predicted octanol–water partition coefficient (Wildman–Crippen LogP) is 5.78. The highest BCUT2D eigenvalue weighted by Crippen LogP contribution is 2.49. The Hall–Kier alpha value is -2.58. The van der Waals surface area contributed by atoms with Crippen molar-refractivity contribution in [2.24, 2.45) is 0 Å². The van der Waals surface area contributed by atoms with Crippen molar-refractivity contribution >= 4 is 32.7 Å². The van der Waals surface area contributed by atoms with E-state index in [2.05, 4.69) is 0 Å². The van der Waals surface area contributed by atoms with Gasteiger partial charge in [0.25, 0.3) is 5.76 Å². The summed E-state index contributed by atoms with van der Waals surface area (Å²) in [5.74, 6) is -2.88. The van der Waals surface area contributed by atoms with Crippen molar-refractivity contribution in [3.63, 3.8) is 0 Å². The van der Waals surface area contributed by atoms with Crippen LogP contribution in [0.4, 0.5) is 8.78 Å². The number of hydrogen-bond acceptors (Lipinski definition) is 4. The second kappa shape index (κ2) is 8.16. The molecule has 31 heavy (non-hydrogen) atoms. The number of hydrogen-bond donors (Lipinski definition) is 0. The van der Waals surface area contributed by atoms with Gasteiger partial charge in [-0.2, -0.15) is 8.78 Å². The van der Waals surface area contributed by atoms with Crippen LogP contribution in [0.25, 0.3) is 10.9 Å².